The van der Waals surface area contributed by atoms with Crippen LogP contribution in [0.25, 0.3) is 0 Å². The molecule has 0 aliphatic carbocycles. The summed E-state index contributed by atoms with van der Waals surface area (Å²) >= 11 is 0. The van der Waals surface area contributed by atoms with E-state index in [2.05, 4.69) is 46.9 Å². The quantitative estimate of drug-likeness (QED) is 0.225. The standard InChI is InChI=1S/C16H32N2O5.2C4H10.C3H8/c1-15(19)5-2-6-16(20)18-8-4-10-22-12-14-23-13-11-21-9-3-7-17;2*1-3-4-2;1-3-2/h2-14,17H2,1H3,(H,18,20);2*3-4H2,1-2H3;3H2,1-2H3. The highest BCUT2D eigenvalue weighted by molar-refractivity contribution is 5.78. The van der Waals surface area contributed by atoms with Crippen LogP contribution in [0.4, 0.5) is 0 Å². The lowest BCUT2D eigenvalue weighted by Gasteiger charge is -2.07. The number of carbonyl (C=O) groups is 2. The Morgan fingerprint density at radius 2 is 1.06 bits per heavy atom. The second-order valence-electron chi connectivity index (χ2n) is 7.95. The van der Waals surface area contributed by atoms with Crippen LogP contribution >= 0.6 is 0 Å². The molecule has 34 heavy (non-hydrogen) atoms. The van der Waals surface area contributed by atoms with E-state index >= 15 is 0 Å². The third-order valence-electron chi connectivity index (χ3n) is 3.96. The smallest absolute Gasteiger partial charge is 0.220 e. The van der Waals surface area contributed by atoms with Crippen molar-refractivity contribution in [1.29, 1.82) is 0 Å². The van der Waals surface area contributed by atoms with Gasteiger partial charge in [-0.05, 0) is 32.7 Å². The zero-order valence-corrected chi connectivity index (χ0v) is 23.8. The van der Waals surface area contributed by atoms with Crippen LogP contribution in [0.1, 0.15) is 113 Å². The minimum atomic E-state index is -0.00998. The van der Waals surface area contributed by atoms with Gasteiger partial charge in [0.1, 0.15) is 5.78 Å². The Balaban J connectivity index is -0.000000340. The molecule has 0 aromatic heterocycles. The molecule has 0 fully saturated rings. The van der Waals surface area contributed by atoms with Crippen molar-refractivity contribution in [2.45, 2.75) is 113 Å². The maximum Gasteiger partial charge on any atom is 0.220 e. The zero-order valence-electron chi connectivity index (χ0n) is 23.8. The van der Waals surface area contributed by atoms with E-state index < -0.39 is 0 Å². The van der Waals surface area contributed by atoms with Crippen molar-refractivity contribution >= 4 is 11.7 Å². The normalized spacial score (nSPS) is 9.53. The van der Waals surface area contributed by atoms with E-state index in [-0.39, 0.29) is 11.7 Å². The predicted molar refractivity (Wildman–Crippen MR) is 145 cm³/mol. The molecule has 0 bridgehead atoms. The Kier molecular flexibility index (Phi) is 49.8. The largest absolute Gasteiger partial charge is 0.379 e. The number of ketones is 1. The SMILES string of the molecule is CC(=O)CCCC(=O)NCCCOCCOCCOCCCN.CCC.CCCC.CCCC. The molecular weight excluding hydrogens is 432 g/mol. The third kappa shape index (κ3) is 57.6. The monoisotopic (exact) mass is 492 g/mol. The number of hydrogen-bond acceptors (Lipinski definition) is 6. The zero-order chi connectivity index (χ0) is 26.7. The van der Waals surface area contributed by atoms with Crippen LogP contribution in [0.2, 0.25) is 0 Å². The summed E-state index contributed by atoms with van der Waals surface area (Å²) in [4.78, 5) is 22.2. The van der Waals surface area contributed by atoms with Gasteiger partial charge in [-0.2, -0.15) is 0 Å². The molecule has 7 nitrogen and oxygen atoms in total. The van der Waals surface area contributed by atoms with E-state index in [1.807, 2.05) is 0 Å². The summed E-state index contributed by atoms with van der Waals surface area (Å²) in [6.45, 7) is 19.2. The van der Waals surface area contributed by atoms with Crippen LogP contribution in [-0.2, 0) is 23.8 Å². The van der Waals surface area contributed by atoms with Gasteiger partial charge in [-0.1, -0.05) is 73.6 Å². The molecule has 0 aliphatic heterocycles. The number of rotatable bonds is 19. The lowest BCUT2D eigenvalue weighted by molar-refractivity contribution is -0.121. The van der Waals surface area contributed by atoms with Crippen molar-refractivity contribution in [1.82, 2.24) is 5.32 Å². The topological polar surface area (TPSA) is 99.9 Å². The maximum absolute atomic E-state index is 11.4. The van der Waals surface area contributed by atoms with Gasteiger partial charge in [0.15, 0.2) is 0 Å². The molecule has 0 heterocycles. The fraction of sp³-hybridized carbons (Fsp3) is 0.926. The van der Waals surface area contributed by atoms with Crippen molar-refractivity contribution in [3.8, 4) is 0 Å². The van der Waals surface area contributed by atoms with Crippen molar-refractivity contribution in [2.75, 3.05) is 52.7 Å². The lowest BCUT2D eigenvalue weighted by atomic mass is 10.2. The van der Waals surface area contributed by atoms with Crippen LogP contribution in [0.15, 0.2) is 0 Å². The molecule has 0 saturated heterocycles. The van der Waals surface area contributed by atoms with Gasteiger partial charge in [0.25, 0.3) is 0 Å². The number of unbranched alkanes of at least 4 members (excludes halogenated alkanes) is 2. The van der Waals surface area contributed by atoms with Crippen LogP contribution < -0.4 is 11.1 Å². The van der Waals surface area contributed by atoms with E-state index in [9.17, 15) is 9.59 Å². The summed E-state index contributed by atoms with van der Waals surface area (Å²) in [6.07, 6.45) is 9.65. The first-order chi connectivity index (χ1) is 16.4. The molecule has 0 saturated carbocycles. The summed E-state index contributed by atoms with van der Waals surface area (Å²) in [5.41, 5.74) is 5.34. The molecule has 0 atom stereocenters. The molecule has 0 radical (unpaired) electrons. The first-order valence-corrected chi connectivity index (χ1v) is 13.6. The van der Waals surface area contributed by atoms with E-state index in [0.29, 0.717) is 72.0 Å². The number of carbonyl (C=O) groups excluding carboxylic acids is 2. The highest BCUT2D eigenvalue weighted by Gasteiger charge is 2.01. The molecule has 0 aromatic rings. The van der Waals surface area contributed by atoms with Gasteiger partial charge >= 0.3 is 0 Å². The highest BCUT2D eigenvalue weighted by atomic mass is 16.5. The second-order valence-corrected chi connectivity index (χ2v) is 7.95. The van der Waals surface area contributed by atoms with E-state index in [4.69, 9.17) is 19.9 Å². The summed E-state index contributed by atoms with van der Waals surface area (Å²) in [5.74, 6) is 0.111. The van der Waals surface area contributed by atoms with Gasteiger partial charge in [-0.25, -0.2) is 0 Å². The third-order valence-corrected chi connectivity index (χ3v) is 3.96. The molecule has 0 unspecified atom stereocenters. The van der Waals surface area contributed by atoms with Gasteiger partial charge < -0.3 is 30.1 Å². The molecule has 0 aromatic carbocycles. The number of nitrogens with one attached hydrogen (secondary N) is 1. The molecule has 0 spiro atoms. The van der Waals surface area contributed by atoms with Crippen molar-refractivity contribution in [3.05, 3.63) is 0 Å². The van der Waals surface area contributed by atoms with Gasteiger partial charge in [0, 0.05) is 32.6 Å². The molecule has 7 heteroatoms. The first kappa shape index (κ1) is 40.2. The number of nitrogens with two attached hydrogens (primary N) is 1. The van der Waals surface area contributed by atoms with E-state index in [0.717, 1.165) is 12.8 Å². The predicted octanol–water partition coefficient (Wildman–Crippen LogP) is 5.68. The summed E-state index contributed by atoms with van der Waals surface area (Å²) in [6, 6.07) is 0. The van der Waals surface area contributed by atoms with Crippen molar-refractivity contribution < 1.29 is 23.8 Å². The van der Waals surface area contributed by atoms with Crippen molar-refractivity contribution in [3.63, 3.8) is 0 Å². The minimum absolute atomic E-state index is 0.00998. The summed E-state index contributed by atoms with van der Waals surface area (Å²) in [7, 11) is 0. The van der Waals surface area contributed by atoms with Gasteiger partial charge in [0.2, 0.25) is 5.91 Å². The van der Waals surface area contributed by atoms with E-state index in [1.54, 1.807) is 0 Å². The Morgan fingerprint density at radius 3 is 1.44 bits per heavy atom. The fourth-order valence-corrected chi connectivity index (χ4v) is 1.72. The Bertz CT molecular complexity index is 361. The molecular formula is C27H60N2O5. The first-order valence-electron chi connectivity index (χ1n) is 13.6. The Morgan fingerprint density at radius 1 is 0.647 bits per heavy atom. The number of ether oxygens (including phenoxy) is 3. The molecule has 0 aliphatic rings. The summed E-state index contributed by atoms with van der Waals surface area (Å²) in [5, 5.41) is 2.81. The lowest BCUT2D eigenvalue weighted by Crippen LogP contribution is -2.25. The minimum Gasteiger partial charge on any atom is -0.379 e. The van der Waals surface area contributed by atoms with Crippen LogP contribution in [0, 0.1) is 0 Å². The Hall–Kier alpha value is -1.02. The molecule has 3 N–H and O–H groups in total. The maximum atomic E-state index is 11.4. The second kappa shape index (κ2) is 42.2. The van der Waals surface area contributed by atoms with Gasteiger partial charge in [-0.3, -0.25) is 4.79 Å². The molecule has 0 rings (SSSR count). The average molecular weight is 493 g/mol. The molecule has 208 valence electrons. The number of Topliss-reactive ketones (excluding diaryl/α,β-unsaturated/α-hetero) is 1. The van der Waals surface area contributed by atoms with Crippen molar-refractivity contribution in [2.24, 2.45) is 5.73 Å². The molecule has 1 amide bonds. The van der Waals surface area contributed by atoms with Gasteiger partial charge in [0.05, 0.1) is 26.4 Å². The summed E-state index contributed by atoms with van der Waals surface area (Å²) < 4.78 is 16.0. The number of amides is 1. The van der Waals surface area contributed by atoms with E-state index in [1.165, 1.54) is 39.0 Å². The average Bonchev–Trinajstić information content (AvgIpc) is 2.82. The number of hydrogen-bond donors (Lipinski definition) is 2. The fourth-order valence-electron chi connectivity index (χ4n) is 1.72. The highest BCUT2D eigenvalue weighted by Crippen LogP contribution is 1.96. The van der Waals surface area contributed by atoms with Crippen LogP contribution in [0.3, 0.4) is 0 Å². The van der Waals surface area contributed by atoms with Gasteiger partial charge in [-0.15, -0.1) is 0 Å². The van der Waals surface area contributed by atoms with Crippen LogP contribution in [0.5, 0.6) is 0 Å². The van der Waals surface area contributed by atoms with Crippen LogP contribution in [-0.4, -0.2) is 64.4 Å². The Labute approximate surface area is 212 Å².